The lowest BCUT2D eigenvalue weighted by Crippen LogP contribution is -2.62. The minimum absolute atomic E-state index is 0.0341. The summed E-state index contributed by atoms with van der Waals surface area (Å²) in [6.45, 7) is 9.29. The van der Waals surface area contributed by atoms with Crippen LogP contribution in [0.1, 0.15) is 57.0 Å². The molecule has 1 aliphatic heterocycles. The first kappa shape index (κ1) is 22.2. The second-order valence-corrected chi connectivity index (χ2v) is 10.7. The van der Waals surface area contributed by atoms with Crippen LogP contribution < -0.4 is 5.32 Å². The van der Waals surface area contributed by atoms with Gasteiger partial charge in [-0.15, -0.1) is 11.3 Å². The number of pyridine rings is 1. The van der Waals surface area contributed by atoms with Gasteiger partial charge in [0.1, 0.15) is 0 Å². The monoisotopic (exact) mass is 435 g/mol. The van der Waals surface area contributed by atoms with Crippen molar-refractivity contribution < 1.29 is 9.90 Å². The molecular formula is C22H30ClN3O2S. The summed E-state index contributed by atoms with van der Waals surface area (Å²) in [7, 11) is 0. The zero-order valence-electron chi connectivity index (χ0n) is 17.5. The molecule has 0 radical (unpaired) electrons. The van der Waals surface area contributed by atoms with Crippen molar-refractivity contribution in [1.82, 2.24) is 15.2 Å². The smallest absolute Gasteiger partial charge is 0.220 e. The summed E-state index contributed by atoms with van der Waals surface area (Å²) < 4.78 is 0. The topological polar surface area (TPSA) is 65.5 Å². The number of aliphatic hydroxyl groups is 1. The maximum absolute atomic E-state index is 12.8. The number of piperidine rings is 1. The van der Waals surface area contributed by atoms with Gasteiger partial charge in [-0.05, 0) is 41.8 Å². The minimum Gasteiger partial charge on any atom is -0.388 e. The van der Waals surface area contributed by atoms with E-state index in [4.69, 9.17) is 11.6 Å². The number of hydrogen-bond acceptors (Lipinski definition) is 5. The van der Waals surface area contributed by atoms with Crippen LogP contribution in [0.4, 0.5) is 0 Å². The molecule has 3 heterocycles. The van der Waals surface area contributed by atoms with Crippen LogP contribution in [0.5, 0.6) is 0 Å². The number of rotatable bonds is 5. The zero-order valence-corrected chi connectivity index (χ0v) is 19.1. The number of aromatic nitrogens is 1. The minimum atomic E-state index is -0.999. The molecule has 0 aliphatic carbocycles. The Labute approximate surface area is 182 Å². The van der Waals surface area contributed by atoms with Crippen LogP contribution in [0, 0.1) is 5.41 Å². The van der Waals surface area contributed by atoms with Crippen molar-refractivity contribution in [3.05, 3.63) is 51.4 Å². The molecule has 1 aliphatic rings. The Bertz CT molecular complexity index is 833. The molecule has 1 fully saturated rings. The predicted octanol–water partition coefficient (Wildman–Crippen LogP) is 4.42. The van der Waals surface area contributed by atoms with Crippen LogP contribution in [0.2, 0.25) is 5.02 Å². The Morgan fingerprint density at radius 1 is 1.45 bits per heavy atom. The Morgan fingerprint density at radius 2 is 2.21 bits per heavy atom. The van der Waals surface area contributed by atoms with Gasteiger partial charge in [0.2, 0.25) is 5.91 Å². The zero-order chi connectivity index (χ0) is 21.2. The van der Waals surface area contributed by atoms with Crippen LogP contribution in [0.15, 0.2) is 36.0 Å². The van der Waals surface area contributed by atoms with Crippen LogP contribution in [0.25, 0.3) is 0 Å². The third-order valence-corrected chi connectivity index (χ3v) is 6.64. The molecule has 29 heavy (non-hydrogen) atoms. The molecule has 7 heteroatoms. The van der Waals surface area contributed by atoms with E-state index >= 15 is 0 Å². The van der Waals surface area contributed by atoms with E-state index in [1.807, 2.05) is 45.2 Å². The molecule has 0 saturated carbocycles. The summed E-state index contributed by atoms with van der Waals surface area (Å²) in [5, 5.41) is 17.0. The molecule has 0 bridgehead atoms. The molecule has 2 N–H and O–H groups in total. The number of amides is 1. The first-order valence-electron chi connectivity index (χ1n) is 9.94. The van der Waals surface area contributed by atoms with Gasteiger partial charge < -0.3 is 10.4 Å². The molecule has 5 nitrogen and oxygen atoms in total. The van der Waals surface area contributed by atoms with E-state index in [-0.39, 0.29) is 17.4 Å². The van der Waals surface area contributed by atoms with E-state index in [1.54, 1.807) is 23.7 Å². The first-order valence-corrected chi connectivity index (χ1v) is 11.2. The summed E-state index contributed by atoms with van der Waals surface area (Å²) in [4.78, 5) is 20.3. The SMILES string of the molecule is CC(C)(C)CC(=O)N[C@H]1[C@H](c2cccs2)N(Cc2ccncc2Cl)CC[C@@]1(C)O. The van der Waals surface area contributed by atoms with Crippen molar-refractivity contribution in [2.24, 2.45) is 5.41 Å². The number of likely N-dealkylation sites (tertiary alicyclic amines) is 1. The molecule has 0 aromatic carbocycles. The summed E-state index contributed by atoms with van der Waals surface area (Å²) in [5.41, 5.74) is -0.127. The van der Waals surface area contributed by atoms with Gasteiger partial charge in [-0.3, -0.25) is 14.7 Å². The number of hydrogen-bond donors (Lipinski definition) is 2. The molecule has 0 unspecified atom stereocenters. The number of halogens is 1. The lowest BCUT2D eigenvalue weighted by molar-refractivity contribution is -0.130. The van der Waals surface area contributed by atoms with E-state index in [0.717, 1.165) is 10.4 Å². The highest BCUT2D eigenvalue weighted by Gasteiger charge is 2.46. The van der Waals surface area contributed by atoms with Gasteiger partial charge in [0.15, 0.2) is 0 Å². The average molecular weight is 436 g/mol. The number of nitrogens with one attached hydrogen (secondary N) is 1. The van der Waals surface area contributed by atoms with Gasteiger partial charge >= 0.3 is 0 Å². The van der Waals surface area contributed by atoms with E-state index in [9.17, 15) is 9.90 Å². The summed E-state index contributed by atoms with van der Waals surface area (Å²) in [6.07, 6.45) is 4.37. The molecule has 2 aromatic rings. The Kier molecular flexibility index (Phi) is 6.68. The van der Waals surface area contributed by atoms with Gasteiger partial charge in [0, 0.05) is 36.8 Å². The standard InChI is InChI=1S/C22H30ClN3O2S/c1-21(2,3)12-18(27)25-20-19(17-6-5-11-29-17)26(10-8-22(20,4)28)14-15-7-9-24-13-16(15)23/h5-7,9,11,13,19-20,28H,8,10,12,14H2,1-4H3,(H,25,27)/t19-,20-,22+/m0/s1. The molecule has 0 spiro atoms. The lowest BCUT2D eigenvalue weighted by Gasteiger charge is -2.49. The van der Waals surface area contributed by atoms with Gasteiger partial charge in [0.25, 0.3) is 0 Å². The van der Waals surface area contributed by atoms with Crippen LogP contribution in [0.3, 0.4) is 0 Å². The van der Waals surface area contributed by atoms with Gasteiger partial charge in [0.05, 0.1) is 22.7 Å². The highest BCUT2D eigenvalue weighted by Crippen LogP contribution is 2.40. The number of carbonyl (C=O) groups is 1. The second kappa shape index (κ2) is 8.72. The quantitative estimate of drug-likeness (QED) is 0.729. The fourth-order valence-corrected chi connectivity index (χ4v) is 4.96. The normalized spacial score (nSPS) is 25.7. The van der Waals surface area contributed by atoms with E-state index in [0.29, 0.717) is 31.0 Å². The average Bonchev–Trinajstić information content (AvgIpc) is 3.12. The Morgan fingerprint density at radius 3 is 2.83 bits per heavy atom. The largest absolute Gasteiger partial charge is 0.388 e. The number of carbonyl (C=O) groups excluding carboxylic acids is 1. The fraction of sp³-hybridized carbons (Fsp3) is 0.545. The summed E-state index contributed by atoms with van der Waals surface area (Å²) >= 11 is 8.00. The third kappa shape index (κ3) is 5.57. The third-order valence-electron chi connectivity index (χ3n) is 5.36. The van der Waals surface area contributed by atoms with Crippen molar-refractivity contribution in [3.8, 4) is 0 Å². The van der Waals surface area contributed by atoms with Crippen molar-refractivity contribution in [1.29, 1.82) is 0 Å². The Hall–Kier alpha value is -1.47. The lowest BCUT2D eigenvalue weighted by atomic mass is 9.81. The molecule has 3 atom stereocenters. The van der Waals surface area contributed by atoms with Gasteiger partial charge in [-0.1, -0.05) is 38.4 Å². The molecule has 2 aromatic heterocycles. The van der Waals surface area contributed by atoms with Crippen LogP contribution in [-0.2, 0) is 11.3 Å². The molecular weight excluding hydrogens is 406 g/mol. The highest BCUT2D eigenvalue weighted by molar-refractivity contribution is 7.10. The number of nitrogens with zero attached hydrogens (tertiary/aromatic N) is 2. The molecule has 3 rings (SSSR count). The van der Waals surface area contributed by atoms with Crippen molar-refractivity contribution in [2.75, 3.05) is 6.54 Å². The van der Waals surface area contributed by atoms with Gasteiger partial charge in [-0.25, -0.2) is 0 Å². The van der Waals surface area contributed by atoms with E-state index in [1.165, 1.54) is 0 Å². The Balaban J connectivity index is 1.92. The van der Waals surface area contributed by atoms with E-state index in [2.05, 4.69) is 21.3 Å². The fourth-order valence-electron chi connectivity index (χ4n) is 3.89. The van der Waals surface area contributed by atoms with Crippen molar-refractivity contribution >= 4 is 28.8 Å². The molecule has 1 amide bonds. The van der Waals surface area contributed by atoms with E-state index < -0.39 is 11.6 Å². The van der Waals surface area contributed by atoms with Crippen molar-refractivity contribution in [3.63, 3.8) is 0 Å². The first-order chi connectivity index (χ1) is 13.6. The molecule has 1 saturated heterocycles. The maximum Gasteiger partial charge on any atom is 0.220 e. The van der Waals surface area contributed by atoms with Crippen LogP contribution >= 0.6 is 22.9 Å². The number of thiophene rings is 1. The van der Waals surface area contributed by atoms with Crippen LogP contribution in [-0.4, -0.2) is 39.1 Å². The van der Waals surface area contributed by atoms with Crippen molar-refractivity contribution in [2.45, 2.75) is 64.8 Å². The van der Waals surface area contributed by atoms with Gasteiger partial charge in [-0.2, -0.15) is 0 Å². The second-order valence-electron chi connectivity index (χ2n) is 9.29. The molecule has 158 valence electrons. The highest BCUT2D eigenvalue weighted by atomic mass is 35.5. The summed E-state index contributed by atoms with van der Waals surface area (Å²) in [6, 6.07) is 5.46. The predicted molar refractivity (Wildman–Crippen MR) is 118 cm³/mol. The maximum atomic E-state index is 12.8. The summed E-state index contributed by atoms with van der Waals surface area (Å²) in [5.74, 6) is -0.0341.